The zero-order valence-corrected chi connectivity index (χ0v) is 10.6. The zero-order valence-electron chi connectivity index (χ0n) is 10.6. The van der Waals surface area contributed by atoms with Gasteiger partial charge < -0.3 is 5.32 Å². The van der Waals surface area contributed by atoms with Crippen LogP contribution in [0, 0.1) is 6.92 Å². The first-order valence-corrected chi connectivity index (χ1v) is 5.93. The molecule has 0 radical (unpaired) electrons. The van der Waals surface area contributed by atoms with E-state index in [1.807, 2.05) is 24.0 Å². The van der Waals surface area contributed by atoms with Crippen LogP contribution in [0.4, 0.5) is 0 Å². The Morgan fingerprint density at radius 1 is 1.35 bits per heavy atom. The highest BCUT2D eigenvalue weighted by molar-refractivity contribution is 5.24. The Hall–Kier alpha value is -1.61. The van der Waals surface area contributed by atoms with E-state index in [1.165, 1.54) is 11.1 Å². The molecule has 0 fully saturated rings. The Balaban J connectivity index is 1.95. The van der Waals surface area contributed by atoms with Crippen molar-refractivity contribution >= 4 is 0 Å². The zero-order chi connectivity index (χ0) is 12.3. The molecule has 2 aromatic rings. The van der Waals surface area contributed by atoms with Crippen molar-refractivity contribution < 1.29 is 0 Å². The third-order valence-electron chi connectivity index (χ3n) is 2.90. The van der Waals surface area contributed by atoms with Gasteiger partial charge in [0.25, 0.3) is 0 Å². The van der Waals surface area contributed by atoms with Gasteiger partial charge in [0.1, 0.15) is 0 Å². The van der Waals surface area contributed by atoms with Crippen LogP contribution in [0.2, 0.25) is 0 Å². The Morgan fingerprint density at radius 3 is 2.82 bits per heavy atom. The van der Waals surface area contributed by atoms with Gasteiger partial charge in [-0.05, 0) is 25.5 Å². The fraction of sp³-hybridized carbons (Fsp3) is 0.357. The van der Waals surface area contributed by atoms with E-state index in [9.17, 15) is 0 Å². The highest BCUT2D eigenvalue weighted by Crippen LogP contribution is 2.14. The molecule has 1 heterocycles. The minimum Gasteiger partial charge on any atom is -0.304 e. The average molecular weight is 229 g/mol. The second-order valence-corrected chi connectivity index (χ2v) is 4.50. The molecular weight excluding hydrogens is 210 g/mol. The maximum absolute atomic E-state index is 4.35. The minimum absolute atomic E-state index is 0.344. The summed E-state index contributed by atoms with van der Waals surface area (Å²) in [5.74, 6) is 0. The van der Waals surface area contributed by atoms with Crippen molar-refractivity contribution in [1.29, 1.82) is 0 Å². The van der Waals surface area contributed by atoms with Crippen LogP contribution in [0.5, 0.6) is 0 Å². The predicted octanol–water partition coefficient (Wildman–Crippen LogP) is 2.58. The highest BCUT2D eigenvalue weighted by atomic mass is 15.3. The SMILES string of the molecule is Cc1cccc([C@@H](C)NCc2ccn(C)n2)c1. The number of aryl methyl sites for hydroxylation is 2. The summed E-state index contributed by atoms with van der Waals surface area (Å²) >= 11 is 0. The molecule has 17 heavy (non-hydrogen) atoms. The first-order chi connectivity index (χ1) is 8.15. The molecule has 0 aliphatic heterocycles. The van der Waals surface area contributed by atoms with E-state index in [4.69, 9.17) is 0 Å². The van der Waals surface area contributed by atoms with Crippen LogP contribution in [-0.2, 0) is 13.6 Å². The van der Waals surface area contributed by atoms with Gasteiger partial charge in [-0.15, -0.1) is 0 Å². The Morgan fingerprint density at radius 2 is 2.18 bits per heavy atom. The van der Waals surface area contributed by atoms with E-state index in [1.54, 1.807) is 0 Å². The monoisotopic (exact) mass is 229 g/mol. The quantitative estimate of drug-likeness (QED) is 0.873. The Labute approximate surface area is 102 Å². The molecule has 0 spiro atoms. The number of aromatic nitrogens is 2. The molecule has 1 N–H and O–H groups in total. The molecule has 0 saturated carbocycles. The summed E-state index contributed by atoms with van der Waals surface area (Å²) < 4.78 is 1.83. The summed E-state index contributed by atoms with van der Waals surface area (Å²) in [6.07, 6.45) is 1.97. The summed E-state index contributed by atoms with van der Waals surface area (Å²) in [6, 6.07) is 11.0. The number of benzene rings is 1. The van der Waals surface area contributed by atoms with E-state index in [0.29, 0.717) is 6.04 Å². The molecular formula is C14H19N3. The van der Waals surface area contributed by atoms with Gasteiger partial charge in [0, 0.05) is 25.8 Å². The molecule has 0 amide bonds. The maximum atomic E-state index is 4.35. The molecule has 0 bridgehead atoms. The van der Waals surface area contributed by atoms with Gasteiger partial charge in [-0.25, -0.2) is 0 Å². The topological polar surface area (TPSA) is 29.9 Å². The van der Waals surface area contributed by atoms with Crippen LogP contribution in [0.15, 0.2) is 36.5 Å². The molecule has 0 aliphatic carbocycles. The summed E-state index contributed by atoms with van der Waals surface area (Å²) in [6.45, 7) is 5.10. The van der Waals surface area contributed by atoms with Gasteiger partial charge in [-0.2, -0.15) is 5.10 Å². The van der Waals surface area contributed by atoms with E-state index < -0.39 is 0 Å². The number of rotatable bonds is 4. The van der Waals surface area contributed by atoms with E-state index in [-0.39, 0.29) is 0 Å². The van der Waals surface area contributed by atoms with Gasteiger partial charge in [0.15, 0.2) is 0 Å². The van der Waals surface area contributed by atoms with Crippen LogP contribution in [0.25, 0.3) is 0 Å². The van der Waals surface area contributed by atoms with Crippen molar-refractivity contribution in [2.24, 2.45) is 7.05 Å². The molecule has 2 rings (SSSR count). The van der Waals surface area contributed by atoms with E-state index in [0.717, 1.165) is 12.2 Å². The van der Waals surface area contributed by atoms with Gasteiger partial charge in [0.05, 0.1) is 5.69 Å². The summed E-state index contributed by atoms with van der Waals surface area (Å²) in [5.41, 5.74) is 3.70. The van der Waals surface area contributed by atoms with Crippen molar-refractivity contribution in [3.8, 4) is 0 Å². The smallest absolute Gasteiger partial charge is 0.0762 e. The average Bonchev–Trinajstić information content (AvgIpc) is 2.72. The lowest BCUT2D eigenvalue weighted by atomic mass is 10.1. The largest absolute Gasteiger partial charge is 0.304 e. The molecule has 0 aliphatic rings. The molecule has 0 unspecified atom stereocenters. The molecule has 3 heteroatoms. The second-order valence-electron chi connectivity index (χ2n) is 4.50. The van der Waals surface area contributed by atoms with Crippen LogP contribution in [-0.4, -0.2) is 9.78 Å². The van der Waals surface area contributed by atoms with Crippen LogP contribution >= 0.6 is 0 Å². The highest BCUT2D eigenvalue weighted by Gasteiger charge is 2.05. The summed E-state index contributed by atoms with van der Waals surface area (Å²) in [7, 11) is 1.94. The van der Waals surface area contributed by atoms with Crippen LogP contribution in [0.1, 0.15) is 29.8 Å². The maximum Gasteiger partial charge on any atom is 0.0762 e. The van der Waals surface area contributed by atoms with Crippen molar-refractivity contribution in [2.75, 3.05) is 0 Å². The second kappa shape index (κ2) is 5.15. The van der Waals surface area contributed by atoms with E-state index >= 15 is 0 Å². The van der Waals surface area contributed by atoms with Crippen LogP contribution in [0.3, 0.4) is 0 Å². The number of hydrogen-bond acceptors (Lipinski definition) is 2. The Bertz CT molecular complexity index is 488. The molecule has 1 aromatic heterocycles. The number of hydrogen-bond donors (Lipinski definition) is 1. The van der Waals surface area contributed by atoms with Crippen molar-refractivity contribution in [3.63, 3.8) is 0 Å². The lowest BCUT2D eigenvalue weighted by Gasteiger charge is -2.13. The van der Waals surface area contributed by atoms with Crippen molar-refractivity contribution in [2.45, 2.75) is 26.4 Å². The third kappa shape index (κ3) is 3.17. The summed E-state index contributed by atoms with van der Waals surface area (Å²) in [5, 5.41) is 7.83. The molecule has 1 atom stereocenters. The van der Waals surface area contributed by atoms with Crippen molar-refractivity contribution in [1.82, 2.24) is 15.1 Å². The molecule has 1 aromatic carbocycles. The van der Waals surface area contributed by atoms with Gasteiger partial charge in [-0.1, -0.05) is 29.8 Å². The fourth-order valence-corrected chi connectivity index (χ4v) is 1.87. The van der Waals surface area contributed by atoms with Crippen LogP contribution < -0.4 is 5.32 Å². The van der Waals surface area contributed by atoms with E-state index in [2.05, 4.69) is 48.5 Å². The molecule has 0 saturated heterocycles. The first-order valence-electron chi connectivity index (χ1n) is 5.93. The normalized spacial score (nSPS) is 12.6. The Kier molecular flexibility index (Phi) is 3.59. The lowest BCUT2D eigenvalue weighted by molar-refractivity contribution is 0.561. The minimum atomic E-state index is 0.344. The number of nitrogens with one attached hydrogen (secondary N) is 1. The fourth-order valence-electron chi connectivity index (χ4n) is 1.87. The van der Waals surface area contributed by atoms with Crippen molar-refractivity contribution in [3.05, 3.63) is 53.3 Å². The molecule has 3 nitrogen and oxygen atoms in total. The standard InChI is InChI=1S/C14H19N3/c1-11-5-4-6-13(9-11)12(2)15-10-14-7-8-17(3)16-14/h4-9,12,15H,10H2,1-3H3/t12-/m1/s1. The lowest BCUT2D eigenvalue weighted by Crippen LogP contribution is -2.18. The van der Waals surface area contributed by atoms with Gasteiger partial charge >= 0.3 is 0 Å². The first kappa shape index (κ1) is 11.9. The van der Waals surface area contributed by atoms with Gasteiger partial charge in [0.2, 0.25) is 0 Å². The predicted molar refractivity (Wildman–Crippen MR) is 69.6 cm³/mol. The third-order valence-corrected chi connectivity index (χ3v) is 2.90. The molecule has 90 valence electrons. The summed E-state index contributed by atoms with van der Waals surface area (Å²) in [4.78, 5) is 0. The van der Waals surface area contributed by atoms with Gasteiger partial charge in [-0.3, -0.25) is 4.68 Å². The number of nitrogens with zero attached hydrogens (tertiary/aromatic N) is 2.